The van der Waals surface area contributed by atoms with Crippen LogP contribution >= 0.6 is 23.1 Å². The van der Waals surface area contributed by atoms with Crippen molar-refractivity contribution in [1.29, 1.82) is 0 Å². The Hall–Kier alpha value is -2.90. The molecule has 0 fully saturated rings. The van der Waals surface area contributed by atoms with Crippen LogP contribution in [0.15, 0.2) is 77.8 Å². The van der Waals surface area contributed by atoms with Crippen LogP contribution in [0.25, 0.3) is 10.6 Å². The van der Waals surface area contributed by atoms with Gasteiger partial charge in [0.15, 0.2) is 11.0 Å². The van der Waals surface area contributed by atoms with Crippen LogP contribution in [-0.4, -0.2) is 19.7 Å². The minimum absolute atomic E-state index is 0.361. The van der Waals surface area contributed by atoms with Crippen molar-refractivity contribution in [3.05, 3.63) is 89.7 Å². The fraction of sp³-hybridized carbons (Fsp3) is 0.174. The van der Waals surface area contributed by atoms with Crippen LogP contribution in [0, 0.1) is 6.92 Å². The zero-order valence-corrected chi connectivity index (χ0v) is 18.3. The van der Waals surface area contributed by atoms with E-state index in [4.69, 9.17) is 9.72 Å². The van der Waals surface area contributed by atoms with Gasteiger partial charge in [-0.15, -0.1) is 28.1 Å². The molecular weight excluding hydrogens is 412 g/mol. The van der Waals surface area contributed by atoms with Gasteiger partial charge in [-0.25, -0.2) is 4.98 Å². The van der Waals surface area contributed by atoms with E-state index in [9.17, 15) is 0 Å². The number of aromatic nitrogens is 4. The molecule has 30 heavy (non-hydrogen) atoms. The maximum atomic E-state index is 5.84. The number of para-hydroxylation sites is 1. The highest BCUT2D eigenvalue weighted by Gasteiger charge is 2.14. The average molecular weight is 435 g/mol. The summed E-state index contributed by atoms with van der Waals surface area (Å²) in [4.78, 5) is 4.79. The van der Waals surface area contributed by atoms with E-state index in [0.717, 1.165) is 38.7 Å². The molecule has 0 saturated carbocycles. The van der Waals surface area contributed by atoms with Crippen molar-refractivity contribution >= 4 is 23.1 Å². The predicted molar refractivity (Wildman–Crippen MR) is 123 cm³/mol. The molecule has 0 spiro atoms. The number of ether oxygens (including phenoxy) is 1. The fourth-order valence-corrected chi connectivity index (χ4v) is 4.71. The second-order valence-electron chi connectivity index (χ2n) is 6.70. The third-order valence-electron chi connectivity index (χ3n) is 4.38. The molecule has 0 bridgehead atoms. The van der Waals surface area contributed by atoms with Crippen LogP contribution in [0.3, 0.4) is 0 Å². The summed E-state index contributed by atoms with van der Waals surface area (Å²) < 4.78 is 7.88. The first-order valence-electron chi connectivity index (χ1n) is 9.58. The van der Waals surface area contributed by atoms with Gasteiger partial charge in [0.25, 0.3) is 0 Å². The van der Waals surface area contributed by atoms with Crippen LogP contribution < -0.4 is 4.74 Å². The minimum atomic E-state index is 0.361. The zero-order chi connectivity index (χ0) is 20.8. The number of allylic oxidation sites excluding steroid dienone is 1. The van der Waals surface area contributed by atoms with E-state index in [1.807, 2.05) is 41.0 Å². The van der Waals surface area contributed by atoms with E-state index in [1.165, 1.54) is 5.56 Å². The van der Waals surface area contributed by atoms with Gasteiger partial charge in [-0.2, -0.15) is 0 Å². The number of rotatable bonds is 9. The average Bonchev–Trinajstić information content (AvgIpc) is 3.39. The Labute approximate surface area is 184 Å². The Morgan fingerprint density at radius 1 is 1.13 bits per heavy atom. The van der Waals surface area contributed by atoms with E-state index in [-0.39, 0.29) is 0 Å². The molecule has 4 rings (SSSR count). The van der Waals surface area contributed by atoms with Gasteiger partial charge >= 0.3 is 0 Å². The summed E-state index contributed by atoms with van der Waals surface area (Å²) in [6.45, 7) is 6.95. The molecule has 2 heterocycles. The van der Waals surface area contributed by atoms with E-state index >= 15 is 0 Å². The SMILES string of the molecule is C=CCn1c(COc2ccccc2)nnc1SCc1csc(-c2cccc(C)c2)n1. The number of hydrogen-bond acceptors (Lipinski definition) is 6. The first-order valence-corrected chi connectivity index (χ1v) is 11.4. The van der Waals surface area contributed by atoms with Gasteiger partial charge < -0.3 is 4.74 Å². The molecule has 152 valence electrons. The molecular formula is C23H22N4OS2. The van der Waals surface area contributed by atoms with Crippen LogP contribution in [0.5, 0.6) is 5.75 Å². The molecule has 0 aliphatic rings. The van der Waals surface area contributed by atoms with Crippen molar-refractivity contribution < 1.29 is 4.74 Å². The van der Waals surface area contributed by atoms with Gasteiger partial charge in [-0.1, -0.05) is 59.8 Å². The number of thioether (sulfide) groups is 1. The second kappa shape index (κ2) is 9.73. The molecule has 5 nitrogen and oxygen atoms in total. The van der Waals surface area contributed by atoms with Gasteiger partial charge in [0.05, 0.1) is 5.69 Å². The lowest BCUT2D eigenvalue weighted by Gasteiger charge is -2.08. The lowest BCUT2D eigenvalue weighted by Crippen LogP contribution is -2.07. The van der Waals surface area contributed by atoms with E-state index < -0.39 is 0 Å². The van der Waals surface area contributed by atoms with Crippen LogP contribution in [0.1, 0.15) is 17.1 Å². The predicted octanol–water partition coefficient (Wildman–Crippen LogP) is 5.77. The van der Waals surface area contributed by atoms with Gasteiger partial charge in [0.1, 0.15) is 17.4 Å². The number of thiazole rings is 1. The molecule has 0 amide bonds. The second-order valence-corrected chi connectivity index (χ2v) is 8.50. The van der Waals surface area contributed by atoms with Gasteiger partial charge in [0.2, 0.25) is 0 Å². The fourth-order valence-electron chi connectivity index (χ4n) is 2.93. The highest BCUT2D eigenvalue weighted by atomic mass is 32.2. The number of benzene rings is 2. The summed E-state index contributed by atoms with van der Waals surface area (Å²) in [6, 6.07) is 18.1. The first kappa shape index (κ1) is 20.4. The first-order chi connectivity index (χ1) is 14.7. The normalized spacial score (nSPS) is 10.8. The molecule has 0 saturated heterocycles. The van der Waals surface area contributed by atoms with Crippen LogP contribution in [-0.2, 0) is 18.9 Å². The minimum Gasteiger partial charge on any atom is -0.486 e. The van der Waals surface area contributed by atoms with Crippen molar-refractivity contribution in [2.75, 3.05) is 0 Å². The molecule has 2 aromatic carbocycles. The van der Waals surface area contributed by atoms with Crippen molar-refractivity contribution in [3.63, 3.8) is 0 Å². The van der Waals surface area contributed by atoms with Crippen molar-refractivity contribution in [2.45, 2.75) is 31.0 Å². The molecule has 0 unspecified atom stereocenters. The lowest BCUT2D eigenvalue weighted by molar-refractivity contribution is 0.289. The Morgan fingerprint density at radius 3 is 2.80 bits per heavy atom. The van der Waals surface area contributed by atoms with Crippen molar-refractivity contribution in [1.82, 2.24) is 19.7 Å². The summed E-state index contributed by atoms with van der Waals surface area (Å²) in [5.41, 5.74) is 3.43. The quantitative estimate of drug-likeness (QED) is 0.247. The third kappa shape index (κ3) is 4.98. The van der Waals surface area contributed by atoms with Gasteiger partial charge in [-0.3, -0.25) is 4.57 Å². The number of hydrogen-bond donors (Lipinski definition) is 0. The largest absolute Gasteiger partial charge is 0.486 e. The molecule has 0 N–H and O–H groups in total. The highest BCUT2D eigenvalue weighted by molar-refractivity contribution is 7.98. The molecule has 2 aromatic heterocycles. The van der Waals surface area contributed by atoms with Crippen LogP contribution in [0.4, 0.5) is 0 Å². The monoisotopic (exact) mass is 434 g/mol. The summed E-state index contributed by atoms with van der Waals surface area (Å²) in [6.07, 6.45) is 1.85. The summed E-state index contributed by atoms with van der Waals surface area (Å²) in [7, 11) is 0. The van der Waals surface area contributed by atoms with Crippen LogP contribution in [0.2, 0.25) is 0 Å². The Kier molecular flexibility index (Phi) is 6.61. The highest BCUT2D eigenvalue weighted by Crippen LogP contribution is 2.28. The van der Waals surface area contributed by atoms with Gasteiger partial charge in [0, 0.05) is 23.2 Å². The maximum Gasteiger partial charge on any atom is 0.191 e. The third-order valence-corrected chi connectivity index (χ3v) is 6.32. The number of aryl methyl sites for hydroxylation is 1. The summed E-state index contributed by atoms with van der Waals surface area (Å²) in [5.74, 6) is 2.32. The van der Waals surface area contributed by atoms with E-state index in [2.05, 4.69) is 53.3 Å². The van der Waals surface area contributed by atoms with Gasteiger partial charge in [-0.05, 0) is 25.1 Å². The lowest BCUT2D eigenvalue weighted by atomic mass is 10.1. The Balaban J connectivity index is 1.43. The molecule has 4 aromatic rings. The van der Waals surface area contributed by atoms with Crippen molar-refractivity contribution in [3.8, 4) is 16.3 Å². The van der Waals surface area contributed by atoms with Crippen molar-refractivity contribution in [2.24, 2.45) is 0 Å². The summed E-state index contributed by atoms with van der Waals surface area (Å²) in [5, 5.41) is 12.7. The Morgan fingerprint density at radius 2 is 2.00 bits per heavy atom. The standard InChI is InChI=1S/C23H22N4OS2/c1-3-12-27-21(14-28-20-10-5-4-6-11-20)25-26-23(27)30-16-19-15-29-22(24-19)18-9-7-8-17(2)13-18/h3-11,13,15H,1,12,14,16H2,2H3. The molecule has 7 heteroatoms. The number of nitrogens with zero attached hydrogens (tertiary/aromatic N) is 4. The van der Waals surface area contributed by atoms with E-state index in [0.29, 0.717) is 13.2 Å². The topological polar surface area (TPSA) is 52.8 Å². The Bertz CT molecular complexity index is 1120. The zero-order valence-electron chi connectivity index (χ0n) is 16.7. The maximum absolute atomic E-state index is 5.84. The molecule has 0 atom stereocenters. The summed E-state index contributed by atoms with van der Waals surface area (Å²) >= 11 is 3.29. The smallest absolute Gasteiger partial charge is 0.191 e. The molecule has 0 radical (unpaired) electrons. The molecule has 0 aliphatic carbocycles. The molecule has 0 aliphatic heterocycles. The van der Waals surface area contributed by atoms with E-state index in [1.54, 1.807) is 23.1 Å².